The SMILES string of the molecule is COc1ccccc1NC(=O)N(C)CCc1noc(-c2ccc(C(=O)NCc3cccc(C)c3)cc2)n1. The van der Waals surface area contributed by atoms with Gasteiger partial charge in [-0.25, -0.2) is 4.79 Å². The van der Waals surface area contributed by atoms with Gasteiger partial charge in [-0.05, 0) is 48.9 Å². The number of nitrogens with zero attached hydrogens (tertiary/aromatic N) is 3. The monoisotopic (exact) mass is 499 g/mol. The van der Waals surface area contributed by atoms with Crippen LogP contribution in [0.4, 0.5) is 10.5 Å². The van der Waals surface area contributed by atoms with Crippen LogP contribution in [0.3, 0.4) is 0 Å². The molecule has 0 saturated heterocycles. The van der Waals surface area contributed by atoms with Crippen LogP contribution >= 0.6 is 0 Å². The molecular formula is C28H29N5O4. The molecule has 4 aromatic rings. The zero-order valence-corrected chi connectivity index (χ0v) is 21.0. The van der Waals surface area contributed by atoms with Crippen LogP contribution in [0, 0.1) is 6.92 Å². The molecule has 0 unspecified atom stereocenters. The molecule has 0 bridgehead atoms. The Labute approximate surface area is 215 Å². The number of amides is 3. The van der Waals surface area contributed by atoms with Crippen molar-refractivity contribution in [2.45, 2.75) is 19.9 Å². The summed E-state index contributed by atoms with van der Waals surface area (Å²) in [5, 5.41) is 9.78. The Hall–Kier alpha value is -4.66. The number of aryl methyl sites for hydroxylation is 1. The van der Waals surface area contributed by atoms with E-state index in [1.54, 1.807) is 50.6 Å². The summed E-state index contributed by atoms with van der Waals surface area (Å²) in [5.74, 6) is 1.25. The quantitative estimate of drug-likeness (QED) is 0.346. The van der Waals surface area contributed by atoms with Gasteiger partial charge in [0, 0.05) is 37.7 Å². The molecule has 1 aromatic heterocycles. The maximum Gasteiger partial charge on any atom is 0.321 e. The molecule has 1 heterocycles. The fraction of sp³-hybridized carbons (Fsp3) is 0.214. The van der Waals surface area contributed by atoms with Crippen molar-refractivity contribution in [1.82, 2.24) is 20.4 Å². The maximum atomic E-state index is 12.5. The number of carbonyl (C=O) groups excluding carboxylic acids is 2. The number of hydrogen-bond acceptors (Lipinski definition) is 6. The fourth-order valence-corrected chi connectivity index (χ4v) is 3.67. The molecular weight excluding hydrogens is 470 g/mol. The van der Waals surface area contributed by atoms with Gasteiger partial charge in [-0.15, -0.1) is 0 Å². The number of hydrogen-bond donors (Lipinski definition) is 2. The molecule has 9 heteroatoms. The van der Waals surface area contributed by atoms with Crippen molar-refractivity contribution < 1.29 is 18.8 Å². The van der Waals surface area contributed by atoms with Crippen LogP contribution in [0.15, 0.2) is 77.3 Å². The third kappa shape index (κ3) is 6.72. The average Bonchev–Trinajstić information content (AvgIpc) is 3.40. The molecule has 3 amide bonds. The third-order valence-corrected chi connectivity index (χ3v) is 5.76. The van der Waals surface area contributed by atoms with Gasteiger partial charge in [0.25, 0.3) is 11.8 Å². The molecule has 190 valence electrons. The highest BCUT2D eigenvalue weighted by molar-refractivity contribution is 5.94. The zero-order chi connectivity index (χ0) is 26.2. The molecule has 0 aliphatic rings. The lowest BCUT2D eigenvalue weighted by molar-refractivity contribution is 0.0951. The highest BCUT2D eigenvalue weighted by Gasteiger charge is 2.15. The number of methoxy groups -OCH3 is 1. The van der Waals surface area contributed by atoms with E-state index < -0.39 is 0 Å². The number of aromatic nitrogens is 2. The van der Waals surface area contributed by atoms with E-state index in [1.165, 1.54) is 4.90 Å². The summed E-state index contributed by atoms with van der Waals surface area (Å²) >= 11 is 0. The number of nitrogens with one attached hydrogen (secondary N) is 2. The Morgan fingerprint density at radius 3 is 2.57 bits per heavy atom. The highest BCUT2D eigenvalue weighted by Crippen LogP contribution is 2.23. The van der Waals surface area contributed by atoms with Crippen molar-refractivity contribution in [3.63, 3.8) is 0 Å². The number of anilines is 1. The van der Waals surface area contributed by atoms with Crippen molar-refractivity contribution in [3.05, 3.63) is 95.3 Å². The van der Waals surface area contributed by atoms with Gasteiger partial charge < -0.3 is 24.8 Å². The molecule has 0 aliphatic heterocycles. The van der Waals surface area contributed by atoms with E-state index in [2.05, 4.69) is 20.8 Å². The molecule has 2 N–H and O–H groups in total. The van der Waals surface area contributed by atoms with Crippen molar-refractivity contribution >= 4 is 17.6 Å². The van der Waals surface area contributed by atoms with Crippen LogP contribution in [-0.4, -0.2) is 47.7 Å². The second kappa shape index (κ2) is 11.9. The number of para-hydroxylation sites is 2. The molecule has 0 radical (unpaired) electrons. The summed E-state index contributed by atoms with van der Waals surface area (Å²) in [6.07, 6.45) is 0.415. The van der Waals surface area contributed by atoms with Crippen molar-refractivity contribution in [1.29, 1.82) is 0 Å². The van der Waals surface area contributed by atoms with Gasteiger partial charge in [0.1, 0.15) is 5.75 Å². The van der Waals surface area contributed by atoms with Gasteiger partial charge in [0.2, 0.25) is 0 Å². The van der Waals surface area contributed by atoms with Gasteiger partial charge in [-0.1, -0.05) is 47.1 Å². The molecule has 0 spiro atoms. The Morgan fingerprint density at radius 1 is 1.03 bits per heavy atom. The third-order valence-electron chi connectivity index (χ3n) is 5.76. The van der Waals surface area contributed by atoms with Crippen LogP contribution in [0.1, 0.15) is 27.3 Å². The minimum atomic E-state index is -0.274. The Kier molecular flexibility index (Phi) is 8.15. The summed E-state index contributed by atoms with van der Waals surface area (Å²) < 4.78 is 10.7. The second-order valence-electron chi connectivity index (χ2n) is 8.57. The summed E-state index contributed by atoms with van der Waals surface area (Å²) in [7, 11) is 3.24. The van der Waals surface area contributed by atoms with Gasteiger partial charge in [0.05, 0.1) is 12.8 Å². The molecule has 3 aromatic carbocycles. The lowest BCUT2D eigenvalue weighted by atomic mass is 10.1. The first-order chi connectivity index (χ1) is 17.9. The standard InChI is InChI=1S/C28H29N5O4/c1-19-7-6-8-20(17-19)18-29-26(34)21-11-13-22(14-12-21)27-31-25(32-37-27)15-16-33(2)28(35)30-23-9-4-5-10-24(23)36-3/h4-14,17H,15-16,18H2,1-3H3,(H,29,34)(H,30,35). The number of likely N-dealkylation sites (N-methyl/N-ethyl adjacent to an activating group) is 1. The Morgan fingerprint density at radius 2 is 1.81 bits per heavy atom. The largest absolute Gasteiger partial charge is 0.495 e. The fourth-order valence-electron chi connectivity index (χ4n) is 3.67. The molecule has 0 aliphatic carbocycles. The highest BCUT2D eigenvalue weighted by atomic mass is 16.5. The van der Waals surface area contributed by atoms with Gasteiger partial charge in [-0.3, -0.25) is 4.79 Å². The van der Waals surface area contributed by atoms with E-state index in [1.807, 2.05) is 43.3 Å². The first-order valence-electron chi connectivity index (χ1n) is 11.8. The van der Waals surface area contributed by atoms with Crippen LogP contribution in [0.2, 0.25) is 0 Å². The lowest BCUT2D eigenvalue weighted by Crippen LogP contribution is -2.33. The van der Waals surface area contributed by atoms with E-state index in [4.69, 9.17) is 9.26 Å². The van der Waals surface area contributed by atoms with E-state index in [9.17, 15) is 9.59 Å². The van der Waals surface area contributed by atoms with Crippen LogP contribution < -0.4 is 15.4 Å². The van der Waals surface area contributed by atoms with Gasteiger partial charge >= 0.3 is 6.03 Å². The minimum absolute atomic E-state index is 0.159. The number of carbonyl (C=O) groups is 2. The molecule has 0 atom stereocenters. The van der Waals surface area contributed by atoms with Crippen LogP contribution in [-0.2, 0) is 13.0 Å². The first-order valence-corrected chi connectivity index (χ1v) is 11.8. The van der Waals surface area contributed by atoms with E-state index in [-0.39, 0.29) is 11.9 Å². The summed E-state index contributed by atoms with van der Waals surface area (Å²) in [6, 6.07) is 21.9. The smallest absolute Gasteiger partial charge is 0.321 e. The van der Waals surface area contributed by atoms with Crippen LogP contribution in [0.5, 0.6) is 5.75 Å². The normalized spacial score (nSPS) is 10.6. The molecule has 37 heavy (non-hydrogen) atoms. The summed E-state index contributed by atoms with van der Waals surface area (Å²) in [5.41, 5.74) is 4.04. The molecule has 9 nitrogen and oxygen atoms in total. The molecule has 0 fully saturated rings. The van der Waals surface area contributed by atoms with E-state index in [0.29, 0.717) is 53.8 Å². The first kappa shape index (κ1) is 25.4. The molecule has 0 saturated carbocycles. The Bertz CT molecular complexity index is 1370. The topological polar surface area (TPSA) is 110 Å². The van der Waals surface area contributed by atoms with Crippen LogP contribution in [0.25, 0.3) is 11.5 Å². The number of urea groups is 1. The Balaban J connectivity index is 1.29. The van der Waals surface area contributed by atoms with Gasteiger partial charge in [-0.2, -0.15) is 4.98 Å². The summed E-state index contributed by atoms with van der Waals surface area (Å²) in [4.78, 5) is 31.0. The number of ether oxygens (including phenoxy) is 1. The second-order valence-corrected chi connectivity index (χ2v) is 8.57. The minimum Gasteiger partial charge on any atom is -0.495 e. The zero-order valence-electron chi connectivity index (χ0n) is 21.0. The molecule has 4 rings (SSSR count). The predicted octanol–water partition coefficient (Wildman–Crippen LogP) is 4.69. The average molecular weight is 500 g/mol. The predicted molar refractivity (Wildman–Crippen MR) is 140 cm³/mol. The number of rotatable bonds is 9. The maximum absolute atomic E-state index is 12.5. The summed E-state index contributed by atoms with van der Waals surface area (Å²) in [6.45, 7) is 2.87. The van der Waals surface area contributed by atoms with Crippen molar-refractivity contribution in [2.24, 2.45) is 0 Å². The number of benzene rings is 3. The van der Waals surface area contributed by atoms with E-state index in [0.717, 1.165) is 11.1 Å². The van der Waals surface area contributed by atoms with E-state index >= 15 is 0 Å². The van der Waals surface area contributed by atoms with Crippen molar-refractivity contribution in [3.8, 4) is 17.2 Å². The van der Waals surface area contributed by atoms with Crippen molar-refractivity contribution in [2.75, 3.05) is 26.0 Å². The lowest BCUT2D eigenvalue weighted by Gasteiger charge is -2.18. The van der Waals surface area contributed by atoms with Gasteiger partial charge in [0.15, 0.2) is 5.82 Å².